The topological polar surface area (TPSA) is 54.0 Å². The summed E-state index contributed by atoms with van der Waals surface area (Å²) < 4.78 is 2.06. The molecule has 2 saturated heterocycles. The van der Waals surface area contributed by atoms with Crippen molar-refractivity contribution in [2.24, 2.45) is 0 Å². The third-order valence-corrected chi connectivity index (χ3v) is 7.28. The number of thiazole rings is 1. The summed E-state index contributed by atoms with van der Waals surface area (Å²) in [5.74, 6) is 0.0249. The van der Waals surface area contributed by atoms with Crippen LogP contribution in [0, 0.1) is 0 Å². The second-order valence-corrected chi connectivity index (χ2v) is 9.29. The number of nitrogens with one attached hydrogen (secondary N) is 2. The van der Waals surface area contributed by atoms with Gasteiger partial charge in [0.05, 0.1) is 10.2 Å². The third-order valence-electron chi connectivity index (χ3n) is 5.20. The molecule has 3 atom stereocenters. The highest BCUT2D eigenvalue weighted by Gasteiger charge is 2.39. The van der Waals surface area contributed by atoms with Gasteiger partial charge in [0.15, 0.2) is 4.34 Å². The molecule has 0 saturated carbocycles. The molecular formula is C20H19N3OS2. The quantitative estimate of drug-likeness (QED) is 0.715. The second-order valence-electron chi connectivity index (χ2n) is 6.94. The van der Waals surface area contributed by atoms with Crippen molar-refractivity contribution in [3.8, 4) is 0 Å². The predicted molar refractivity (Wildman–Crippen MR) is 106 cm³/mol. The van der Waals surface area contributed by atoms with Gasteiger partial charge in [0.2, 0.25) is 0 Å². The second kappa shape index (κ2) is 6.68. The van der Waals surface area contributed by atoms with Crippen LogP contribution in [0.3, 0.4) is 0 Å². The highest BCUT2D eigenvalue weighted by molar-refractivity contribution is 8.01. The van der Waals surface area contributed by atoms with Gasteiger partial charge in [0.25, 0.3) is 5.91 Å². The Morgan fingerprint density at radius 1 is 1.19 bits per heavy atom. The van der Waals surface area contributed by atoms with E-state index in [9.17, 15) is 4.79 Å². The van der Waals surface area contributed by atoms with Gasteiger partial charge >= 0.3 is 0 Å². The number of benzene rings is 2. The summed E-state index contributed by atoms with van der Waals surface area (Å²) in [6.07, 6.45) is 3.46. The first-order valence-corrected chi connectivity index (χ1v) is 10.6. The van der Waals surface area contributed by atoms with Gasteiger partial charge in [0, 0.05) is 28.6 Å². The lowest BCUT2D eigenvalue weighted by molar-refractivity contribution is 0.0931. The van der Waals surface area contributed by atoms with E-state index in [-0.39, 0.29) is 11.9 Å². The Hall–Kier alpha value is -1.89. The molecule has 3 heterocycles. The summed E-state index contributed by atoms with van der Waals surface area (Å²) in [7, 11) is 0. The number of hydrogen-bond donors (Lipinski definition) is 2. The molecule has 0 unspecified atom stereocenters. The number of fused-ring (bicyclic) bond motifs is 3. The van der Waals surface area contributed by atoms with Gasteiger partial charge in [-0.1, -0.05) is 30.0 Å². The molecule has 4 nitrogen and oxygen atoms in total. The molecule has 26 heavy (non-hydrogen) atoms. The molecule has 2 bridgehead atoms. The minimum atomic E-state index is 0.0249. The largest absolute Gasteiger partial charge is 0.348 e. The third kappa shape index (κ3) is 3.13. The average molecular weight is 382 g/mol. The molecule has 132 valence electrons. The Kier molecular flexibility index (Phi) is 4.19. The molecule has 1 aromatic heterocycles. The first-order valence-electron chi connectivity index (χ1n) is 8.95. The number of carbonyl (C=O) groups excluding carboxylic acids is 1. The van der Waals surface area contributed by atoms with Crippen LogP contribution in [0.2, 0.25) is 0 Å². The Bertz CT molecular complexity index is 956. The molecular weight excluding hydrogens is 362 g/mol. The van der Waals surface area contributed by atoms with Crippen molar-refractivity contribution >= 4 is 39.2 Å². The zero-order valence-electron chi connectivity index (χ0n) is 14.1. The normalized spacial score (nSPS) is 24.2. The molecule has 2 aromatic carbocycles. The fourth-order valence-electron chi connectivity index (χ4n) is 3.91. The maximum absolute atomic E-state index is 12.7. The zero-order valence-corrected chi connectivity index (χ0v) is 15.8. The fraction of sp³-hybridized carbons (Fsp3) is 0.300. The smallest absolute Gasteiger partial charge is 0.251 e. The first-order chi connectivity index (χ1) is 12.7. The monoisotopic (exact) mass is 381 g/mol. The van der Waals surface area contributed by atoms with E-state index in [2.05, 4.69) is 27.8 Å². The predicted octanol–water partition coefficient (Wildman–Crippen LogP) is 4.07. The summed E-state index contributed by atoms with van der Waals surface area (Å²) in [6.45, 7) is 0. The standard InChI is InChI=1S/C20H19N3OS2/c24-19(22-17-11-13-7-9-15(17)21-13)12-6-8-16-18(10-12)26-20(23-16)25-14-4-2-1-3-5-14/h1-6,8,10,13,15,17,21H,7,9,11H2,(H,22,24)/t13-,15+,17-/m1/s1. The number of aromatic nitrogens is 1. The van der Waals surface area contributed by atoms with Gasteiger partial charge in [-0.05, 0) is 49.6 Å². The van der Waals surface area contributed by atoms with Gasteiger partial charge in [0.1, 0.15) is 0 Å². The van der Waals surface area contributed by atoms with Gasteiger partial charge in [-0.15, -0.1) is 11.3 Å². The zero-order chi connectivity index (χ0) is 17.5. The van der Waals surface area contributed by atoms with Crippen LogP contribution < -0.4 is 10.6 Å². The molecule has 2 aliphatic rings. The SMILES string of the molecule is O=C(N[C@@H]1C[C@H]2CC[C@@H]1N2)c1ccc2nc(Sc3ccccc3)sc2c1. The van der Waals surface area contributed by atoms with Crippen LogP contribution in [-0.2, 0) is 0 Å². The van der Waals surface area contributed by atoms with E-state index < -0.39 is 0 Å². The maximum Gasteiger partial charge on any atom is 0.251 e. The number of amides is 1. The molecule has 5 rings (SSSR count). The number of hydrogen-bond acceptors (Lipinski definition) is 5. The lowest BCUT2D eigenvalue weighted by atomic mass is 9.95. The molecule has 0 radical (unpaired) electrons. The van der Waals surface area contributed by atoms with Gasteiger partial charge in [-0.2, -0.15) is 0 Å². The van der Waals surface area contributed by atoms with E-state index in [4.69, 9.17) is 0 Å². The van der Waals surface area contributed by atoms with Crippen LogP contribution in [0.25, 0.3) is 10.2 Å². The summed E-state index contributed by atoms with van der Waals surface area (Å²) >= 11 is 3.30. The molecule has 6 heteroatoms. The maximum atomic E-state index is 12.7. The van der Waals surface area contributed by atoms with Crippen molar-refractivity contribution in [2.45, 2.75) is 46.6 Å². The fourth-order valence-corrected chi connectivity index (χ4v) is 6.01. The van der Waals surface area contributed by atoms with Crippen molar-refractivity contribution in [3.05, 3.63) is 54.1 Å². The van der Waals surface area contributed by atoms with Crippen molar-refractivity contribution < 1.29 is 4.79 Å². The number of carbonyl (C=O) groups is 1. The lowest BCUT2D eigenvalue weighted by Crippen LogP contribution is -2.42. The van der Waals surface area contributed by atoms with Gasteiger partial charge in [-0.25, -0.2) is 4.98 Å². The first kappa shape index (κ1) is 16.3. The number of rotatable bonds is 4. The Balaban J connectivity index is 1.33. The van der Waals surface area contributed by atoms with E-state index in [1.807, 2.05) is 36.4 Å². The van der Waals surface area contributed by atoms with Gasteiger partial charge < -0.3 is 10.6 Å². The molecule has 2 aliphatic heterocycles. The van der Waals surface area contributed by atoms with E-state index in [1.54, 1.807) is 23.1 Å². The van der Waals surface area contributed by atoms with Crippen LogP contribution in [0.1, 0.15) is 29.6 Å². The Morgan fingerprint density at radius 3 is 2.85 bits per heavy atom. The van der Waals surface area contributed by atoms with E-state index in [0.29, 0.717) is 12.1 Å². The molecule has 2 fully saturated rings. The van der Waals surface area contributed by atoms with Crippen LogP contribution in [0.4, 0.5) is 0 Å². The van der Waals surface area contributed by atoms with Crippen LogP contribution in [-0.4, -0.2) is 29.0 Å². The van der Waals surface area contributed by atoms with Crippen molar-refractivity contribution in [1.29, 1.82) is 0 Å². The molecule has 2 N–H and O–H groups in total. The molecule has 0 aliphatic carbocycles. The molecule has 3 aromatic rings. The Labute approximate surface area is 160 Å². The van der Waals surface area contributed by atoms with Crippen LogP contribution in [0.15, 0.2) is 57.8 Å². The number of nitrogens with zero attached hydrogens (tertiary/aromatic N) is 1. The lowest BCUT2D eigenvalue weighted by Gasteiger charge is -2.21. The minimum Gasteiger partial charge on any atom is -0.348 e. The van der Waals surface area contributed by atoms with Crippen LogP contribution in [0.5, 0.6) is 0 Å². The van der Waals surface area contributed by atoms with E-state index >= 15 is 0 Å². The van der Waals surface area contributed by atoms with Crippen molar-refractivity contribution in [1.82, 2.24) is 15.6 Å². The summed E-state index contributed by atoms with van der Waals surface area (Å²) in [4.78, 5) is 18.5. The average Bonchev–Trinajstić information content (AvgIpc) is 3.36. The van der Waals surface area contributed by atoms with E-state index in [1.165, 1.54) is 17.7 Å². The molecule has 1 amide bonds. The van der Waals surface area contributed by atoms with Crippen molar-refractivity contribution in [2.75, 3.05) is 0 Å². The highest BCUT2D eigenvalue weighted by Crippen LogP contribution is 2.34. The summed E-state index contributed by atoms with van der Waals surface area (Å²) in [5, 5.41) is 6.78. The van der Waals surface area contributed by atoms with Crippen molar-refractivity contribution in [3.63, 3.8) is 0 Å². The summed E-state index contributed by atoms with van der Waals surface area (Å²) in [5.41, 5.74) is 1.67. The van der Waals surface area contributed by atoms with E-state index in [0.717, 1.165) is 26.5 Å². The van der Waals surface area contributed by atoms with Gasteiger partial charge in [-0.3, -0.25) is 4.79 Å². The molecule has 0 spiro atoms. The Morgan fingerprint density at radius 2 is 2.08 bits per heavy atom. The highest BCUT2D eigenvalue weighted by atomic mass is 32.2. The summed E-state index contributed by atoms with van der Waals surface area (Å²) in [6, 6.07) is 17.4. The van der Waals surface area contributed by atoms with Crippen LogP contribution >= 0.6 is 23.1 Å². The minimum absolute atomic E-state index is 0.0249.